The van der Waals surface area contributed by atoms with Crippen molar-refractivity contribution in [1.29, 1.82) is 0 Å². The van der Waals surface area contributed by atoms with Gasteiger partial charge < -0.3 is 19.9 Å². The second-order valence-corrected chi connectivity index (χ2v) is 7.01. The van der Waals surface area contributed by atoms with Gasteiger partial charge in [-0.25, -0.2) is 13.2 Å². The molecule has 4 rings (SSSR count). The Bertz CT molecular complexity index is 1080. The van der Waals surface area contributed by atoms with Crippen molar-refractivity contribution in [3.05, 3.63) is 37.3 Å². The van der Waals surface area contributed by atoms with E-state index in [1.54, 1.807) is 12.3 Å². The van der Waals surface area contributed by atoms with E-state index >= 15 is 0 Å². The number of likely N-dealkylation sites (tertiary alicyclic amines) is 1. The lowest BCUT2D eigenvalue weighted by atomic mass is 10.1. The van der Waals surface area contributed by atoms with Crippen molar-refractivity contribution in [1.82, 2.24) is 29.6 Å². The highest BCUT2D eigenvalue weighted by molar-refractivity contribution is 5.87. The number of halogens is 3. The Kier molecular flexibility index (Phi) is 5.78. The SMILES string of the molecule is C=CC(=O)N1CC[C@H](F)[C@@H](Oc2nc(Nc3cnn(CC(F)F)c3)nc3[nH]ccc23)C1. The smallest absolute Gasteiger partial charge is 0.257 e. The molecule has 1 aliphatic rings. The molecule has 0 bridgehead atoms. The van der Waals surface area contributed by atoms with Gasteiger partial charge in [0.2, 0.25) is 17.7 Å². The van der Waals surface area contributed by atoms with E-state index in [1.807, 2.05) is 0 Å². The number of carbonyl (C=O) groups excluding carboxylic acids is 1. The lowest BCUT2D eigenvalue weighted by Crippen LogP contribution is -2.49. The minimum Gasteiger partial charge on any atom is -0.469 e. The van der Waals surface area contributed by atoms with Gasteiger partial charge in [0.1, 0.15) is 24.5 Å². The molecule has 2 atom stereocenters. The van der Waals surface area contributed by atoms with Gasteiger partial charge in [-0.1, -0.05) is 6.58 Å². The Morgan fingerprint density at radius 2 is 2.29 bits per heavy atom. The van der Waals surface area contributed by atoms with Crippen LogP contribution in [0.1, 0.15) is 6.42 Å². The number of aromatic nitrogens is 5. The topological polar surface area (TPSA) is 101 Å². The van der Waals surface area contributed by atoms with Crippen molar-refractivity contribution in [2.24, 2.45) is 0 Å². The highest BCUT2D eigenvalue weighted by Crippen LogP contribution is 2.28. The number of carbonyl (C=O) groups is 1. The van der Waals surface area contributed by atoms with Crippen LogP contribution in [0.2, 0.25) is 0 Å². The van der Waals surface area contributed by atoms with Crippen LogP contribution >= 0.6 is 0 Å². The molecule has 3 aromatic heterocycles. The summed E-state index contributed by atoms with van der Waals surface area (Å²) in [7, 11) is 0. The molecule has 3 aromatic rings. The number of piperidine rings is 1. The summed E-state index contributed by atoms with van der Waals surface area (Å²) in [5.41, 5.74) is 0.846. The van der Waals surface area contributed by atoms with Gasteiger partial charge in [-0.3, -0.25) is 9.48 Å². The number of amides is 1. The number of anilines is 2. The Hall–Kier alpha value is -3.57. The molecule has 0 unspecified atom stereocenters. The third-order valence-corrected chi connectivity index (χ3v) is 4.82. The summed E-state index contributed by atoms with van der Waals surface area (Å²) in [6.45, 7) is 3.27. The predicted molar refractivity (Wildman–Crippen MR) is 106 cm³/mol. The van der Waals surface area contributed by atoms with E-state index in [-0.39, 0.29) is 37.2 Å². The van der Waals surface area contributed by atoms with Gasteiger partial charge in [0.05, 0.1) is 23.8 Å². The summed E-state index contributed by atoms with van der Waals surface area (Å²) in [6, 6.07) is 1.69. The molecule has 12 heteroatoms. The summed E-state index contributed by atoms with van der Waals surface area (Å²) < 4.78 is 46.5. The Morgan fingerprint density at radius 1 is 1.45 bits per heavy atom. The number of nitrogens with one attached hydrogen (secondary N) is 2. The zero-order chi connectivity index (χ0) is 22.0. The fraction of sp³-hybridized carbons (Fsp3) is 0.368. The Morgan fingerprint density at radius 3 is 3.06 bits per heavy atom. The molecule has 1 aliphatic heterocycles. The first kappa shape index (κ1) is 20.7. The molecule has 9 nitrogen and oxygen atoms in total. The first-order chi connectivity index (χ1) is 14.9. The zero-order valence-electron chi connectivity index (χ0n) is 16.3. The first-order valence-corrected chi connectivity index (χ1v) is 9.57. The number of fused-ring (bicyclic) bond motifs is 1. The average Bonchev–Trinajstić information content (AvgIpc) is 3.38. The first-order valence-electron chi connectivity index (χ1n) is 9.57. The van der Waals surface area contributed by atoms with E-state index in [2.05, 4.69) is 31.9 Å². The molecule has 0 saturated carbocycles. The van der Waals surface area contributed by atoms with Crippen molar-refractivity contribution in [2.75, 3.05) is 18.4 Å². The largest absolute Gasteiger partial charge is 0.469 e. The van der Waals surface area contributed by atoms with Gasteiger partial charge in [0.25, 0.3) is 6.43 Å². The monoisotopic (exact) mass is 435 g/mol. The third kappa shape index (κ3) is 4.62. The van der Waals surface area contributed by atoms with Crippen LogP contribution in [0.5, 0.6) is 5.88 Å². The average molecular weight is 435 g/mol. The maximum absolute atomic E-state index is 14.5. The molecule has 0 radical (unpaired) electrons. The third-order valence-electron chi connectivity index (χ3n) is 4.82. The van der Waals surface area contributed by atoms with Crippen LogP contribution < -0.4 is 10.1 Å². The zero-order valence-corrected chi connectivity index (χ0v) is 16.3. The van der Waals surface area contributed by atoms with Gasteiger partial charge in [-0.15, -0.1) is 0 Å². The Labute approximate surface area is 174 Å². The standard InChI is InChI=1S/C19H20F3N7O2/c1-2-16(30)28-6-4-13(20)14(9-28)31-18-12-3-5-23-17(12)26-19(27-18)25-11-7-24-29(8-11)10-15(21)22/h2-3,5,7-8,13-15H,1,4,6,9-10H2,(H2,23,25,26,27)/t13-,14-/m0/s1. The van der Waals surface area contributed by atoms with E-state index in [9.17, 15) is 18.0 Å². The second-order valence-electron chi connectivity index (χ2n) is 7.01. The van der Waals surface area contributed by atoms with Crippen LogP contribution in [0.3, 0.4) is 0 Å². The number of alkyl halides is 3. The molecule has 1 amide bonds. The molecule has 0 aromatic carbocycles. The maximum atomic E-state index is 14.5. The molecule has 1 fully saturated rings. The van der Waals surface area contributed by atoms with Gasteiger partial charge in [-0.2, -0.15) is 15.1 Å². The number of H-pyrrole nitrogens is 1. The minimum absolute atomic E-state index is 0.0606. The van der Waals surface area contributed by atoms with Crippen molar-refractivity contribution in [3.63, 3.8) is 0 Å². The molecule has 164 valence electrons. The molecular weight excluding hydrogens is 415 g/mol. The molecule has 1 saturated heterocycles. The van der Waals surface area contributed by atoms with Crippen molar-refractivity contribution in [2.45, 2.75) is 31.7 Å². The highest BCUT2D eigenvalue weighted by Gasteiger charge is 2.33. The van der Waals surface area contributed by atoms with Crippen LogP contribution in [-0.4, -0.2) is 67.3 Å². The fourth-order valence-corrected chi connectivity index (χ4v) is 3.33. The number of ether oxygens (including phenoxy) is 1. The van der Waals surface area contributed by atoms with Gasteiger partial charge >= 0.3 is 0 Å². The van der Waals surface area contributed by atoms with Crippen LogP contribution in [0, 0.1) is 0 Å². The van der Waals surface area contributed by atoms with Gasteiger partial charge in [0.15, 0.2) is 0 Å². The predicted octanol–water partition coefficient (Wildman–Crippen LogP) is 2.67. The van der Waals surface area contributed by atoms with Gasteiger partial charge in [0, 0.05) is 18.9 Å². The number of nitrogens with zero attached hydrogens (tertiary/aromatic N) is 5. The fourth-order valence-electron chi connectivity index (χ4n) is 3.33. The van der Waals surface area contributed by atoms with E-state index in [0.29, 0.717) is 16.7 Å². The molecule has 2 N–H and O–H groups in total. The summed E-state index contributed by atoms with van der Waals surface area (Å²) in [5.74, 6) is -0.0424. The van der Waals surface area contributed by atoms with E-state index in [1.165, 1.54) is 23.4 Å². The molecule has 4 heterocycles. The van der Waals surface area contributed by atoms with Crippen LogP contribution in [-0.2, 0) is 11.3 Å². The normalized spacial score (nSPS) is 19.0. The summed E-state index contributed by atoms with van der Waals surface area (Å²) in [6.07, 6.45) is 0.999. The minimum atomic E-state index is -2.53. The van der Waals surface area contributed by atoms with E-state index in [4.69, 9.17) is 4.74 Å². The van der Waals surface area contributed by atoms with Gasteiger partial charge in [-0.05, 0) is 18.6 Å². The molecule has 31 heavy (non-hydrogen) atoms. The van der Waals surface area contributed by atoms with E-state index < -0.39 is 25.2 Å². The lowest BCUT2D eigenvalue weighted by Gasteiger charge is -2.34. The lowest BCUT2D eigenvalue weighted by molar-refractivity contribution is -0.130. The quantitative estimate of drug-likeness (QED) is 0.554. The molecule has 0 aliphatic carbocycles. The number of hydrogen-bond donors (Lipinski definition) is 2. The van der Waals surface area contributed by atoms with Crippen LogP contribution in [0.4, 0.5) is 24.8 Å². The van der Waals surface area contributed by atoms with Crippen LogP contribution in [0.15, 0.2) is 37.3 Å². The molecule has 0 spiro atoms. The highest BCUT2D eigenvalue weighted by atomic mass is 19.3. The molecular formula is C19H20F3N7O2. The van der Waals surface area contributed by atoms with Crippen molar-refractivity contribution in [3.8, 4) is 5.88 Å². The number of hydrogen-bond acceptors (Lipinski definition) is 6. The van der Waals surface area contributed by atoms with E-state index in [0.717, 1.165) is 4.68 Å². The van der Waals surface area contributed by atoms with Crippen molar-refractivity contribution < 1.29 is 22.7 Å². The Balaban J connectivity index is 1.56. The van der Waals surface area contributed by atoms with Crippen LogP contribution in [0.25, 0.3) is 11.0 Å². The summed E-state index contributed by atoms with van der Waals surface area (Å²) >= 11 is 0. The number of rotatable bonds is 7. The van der Waals surface area contributed by atoms with Crippen molar-refractivity contribution >= 4 is 28.6 Å². The number of aromatic amines is 1. The maximum Gasteiger partial charge on any atom is 0.257 e. The summed E-state index contributed by atoms with van der Waals surface area (Å²) in [5, 5.41) is 7.27. The second kappa shape index (κ2) is 8.66. The summed E-state index contributed by atoms with van der Waals surface area (Å²) in [4.78, 5) is 24.9.